The van der Waals surface area contributed by atoms with Gasteiger partial charge < -0.3 is 5.11 Å². The summed E-state index contributed by atoms with van der Waals surface area (Å²) >= 11 is 0.598. The zero-order valence-corrected chi connectivity index (χ0v) is 6.99. The second-order valence-corrected chi connectivity index (χ2v) is 3.44. The predicted molar refractivity (Wildman–Crippen MR) is 40.8 cm³/mol. The molecule has 0 fully saturated rings. The van der Waals surface area contributed by atoms with Gasteiger partial charge in [-0.2, -0.15) is 0 Å². The number of halogens is 2. The molecule has 0 aromatic carbocycles. The normalized spacial score (nSPS) is 11.6. The van der Waals surface area contributed by atoms with Crippen molar-refractivity contribution >= 4 is 17.3 Å². The van der Waals surface area contributed by atoms with Gasteiger partial charge in [-0.15, -0.1) is 11.3 Å². The number of rotatable bonds is 2. The van der Waals surface area contributed by atoms with Crippen LogP contribution in [0.3, 0.4) is 0 Å². The van der Waals surface area contributed by atoms with E-state index in [1.54, 1.807) is 0 Å². The van der Waals surface area contributed by atoms with E-state index in [1.807, 2.05) is 0 Å². The Bertz CT molecular complexity index is 301. The van der Waals surface area contributed by atoms with Crippen molar-refractivity contribution in [2.45, 2.75) is 12.8 Å². The van der Waals surface area contributed by atoms with Crippen molar-refractivity contribution in [1.82, 2.24) is 0 Å². The Hall–Kier alpha value is -0.970. The topological polar surface area (TPSA) is 37.3 Å². The third-order valence-corrected chi connectivity index (χ3v) is 2.49. The molecule has 0 saturated carbocycles. The van der Waals surface area contributed by atoms with Crippen LogP contribution in [0.25, 0.3) is 0 Å². The van der Waals surface area contributed by atoms with Crippen LogP contribution in [0.15, 0.2) is 12.1 Å². The van der Waals surface area contributed by atoms with Crippen molar-refractivity contribution in [3.05, 3.63) is 21.9 Å². The molecule has 0 aliphatic heterocycles. The molecule has 0 atom stereocenters. The Morgan fingerprint density at radius 2 is 2.17 bits per heavy atom. The molecule has 1 aromatic heterocycles. The van der Waals surface area contributed by atoms with E-state index in [2.05, 4.69) is 0 Å². The molecular formula is C7H6F2O2S. The average molecular weight is 192 g/mol. The minimum Gasteiger partial charge on any atom is -0.477 e. The van der Waals surface area contributed by atoms with Crippen LogP contribution in [-0.4, -0.2) is 11.1 Å². The quantitative estimate of drug-likeness (QED) is 0.781. The number of thiophene rings is 1. The summed E-state index contributed by atoms with van der Waals surface area (Å²) in [6, 6.07) is 2.31. The van der Waals surface area contributed by atoms with Gasteiger partial charge >= 0.3 is 5.97 Å². The number of hydrogen-bond acceptors (Lipinski definition) is 2. The van der Waals surface area contributed by atoms with Gasteiger partial charge in [-0.25, -0.2) is 13.6 Å². The van der Waals surface area contributed by atoms with Crippen LogP contribution in [0.5, 0.6) is 0 Å². The number of aromatic carboxylic acids is 1. The van der Waals surface area contributed by atoms with Crippen LogP contribution in [0.1, 0.15) is 21.5 Å². The van der Waals surface area contributed by atoms with Gasteiger partial charge in [0.25, 0.3) is 5.92 Å². The number of alkyl halides is 2. The Labute approximate surface area is 71.5 Å². The minimum atomic E-state index is -2.95. The lowest BCUT2D eigenvalue weighted by Gasteiger charge is -2.04. The Morgan fingerprint density at radius 1 is 1.58 bits per heavy atom. The summed E-state index contributed by atoms with van der Waals surface area (Å²) in [5.74, 6) is -4.12. The van der Waals surface area contributed by atoms with Gasteiger partial charge in [0.1, 0.15) is 4.88 Å². The molecule has 0 amide bonds. The first-order valence-corrected chi connectivity index (χ1v) is 3.94. The van der Waals surface area contributed by atoms with Gasteiger partial charge in [0.05, 0.1) is 4.88 Å². The smallest absolute Gasteiger partial charge is 0.345 e. The molecule has 0 bridgehead atoms. The van der Waals surface area contributed by atoms with E-state index in [-0.39, 0.29) is 9.75 Å². The highest BCUT2D eigenvalue weighted by Gasteiger charge is 2.27. The molecule has 1 rings (SSSR count). The van der Waals surface area contributed by atoms with Gasteiger partial charge in [-0.1, -0.05) is 0 Å². The van der Waals surface area contributed by atoms with Gasteiger partial charge in [-0.05, 0) is 12.1 Å². The molecule has 66 valence electrons. The second-order valence-electron chi connectivity index (χ2n) is 2.36. The van der Waals surface area contributed by atoms with E-state index in [1.165, 1.54) is 6.07 Å². The van der Waals surface area contributed by atoms with Crippen LogP contribution < -0.4 is 0 Å². The lowest BCUT2D eigenvalue weighted by Crippen LogP contribution is -2.03. The van der Waals surface area contributed by atoms with Crippen molar-refractivity contribution in [3.8, 4) is 0 Å². The molecule has 0 aliphatic rings. The number of carboxylic acid groups (broad SMARTS) is 1. The van der Waals surface area contributed by atoms with E-state index in [9.17, 15) is 13.6 Å². The summed E-state index contributed by atoms with van der Waals surface area (Å²) in [7, 11) is 0. The summed E-state index contributed by atoms with van der Waals surface area (Å²) in [4.78, 5) is 10.0. The number of hydrogen-bond donors (Lipinski definition) is 1. The monoisotopic (exact) mass is 192 g/mol. The van der Waals surface area contributed by atoms with Gasteiger partial charge in [-0.3, -0.25) is 0 Å². The molecule has 1 N–H and O–H groups in total. The average Bonchev–Trinajstić information content (AvgIpc) is 2.30. The third kappa shape index (κ3) is 1.79. The second kappa shape index (κ2) is 2.82. The van der Waals surface area contributed by atoms with Crippen molar-refractivity contribution < 1.29 is 18.7 Å². The van der Waals surface area contributed by atoms with Crippen molar-refractivity contribution in [2.24, 2.45) is 0 Å². The molecule has 0 radical (unpaired) electrons. The summed E-state index contributed by atoms with van der Waals surface area (Å²) in [6.45, 7) is 0.741. The fourth-order valence-corrected chi connectivity index (χ4v) is 1.46. The molecule has 2 nitrogen and oxygen atoms in total. The summed E-state index contributed by atoms with van der Waals surface area (Å²) < 4.78 is 25.1. The standard InChI is InChI=1S/C7H6F2O2S/c1-7(8,9)5-3-2-4(12-5)6(10)11/h2-3H,1H3,(H,10,11). The summed E-state index contributed by atoms with van der Waals surface area (Å²) in [5.41, 5.74) is 0. The summed E-state index contributed by atoms with van der Waals surface area (Å²) in [6.07, 6.45) is 0. The Balaban J connectivity index is 3.00. The first kappa shape index (κ1) is 9.12. The number of carbonyl (C=O) groups is 1. The maximum atomic E-state index is 12.5. The fraction of sp³-hybridized carbons (Fsp3) is 0.286. The van der Waals surface area contributed by atoms with Crippen LogP contribution in [0, 0.1) is 0 Å². The largest absolute Gasteiger partial charge is 0.477 e. The highest BCUT2D eigenvalue weighted by Crippen LogP contribution is 2.32. The van der Waals surface area contributed by atoms with Crippen molar-refractivity contribution in [2.75, 3.05) is 0 Å². The molecule has 5 heteroatoms. The molecule has 1 aromatic rings. The van der Waals surface area contributed by atoms with E-state index in [4.69, 9.17) is 5.11 Å². The maximum Gasteiger partial charge on any atom is 0.345 e. The third-order valence-electron chi connectivity index (χ3n) is 1.25. The lowest BCUT2D eigenvalue weighted by atomic mass is 10.3. The van der Waals surface area contributed by atoms with Gasteiger partial charge in [0.15, 0.2) is 0 Å². The van der Waals surface area contributed by atoms with Crippen molar-refractivity contribution in [1.29, 1.82) is 0 Å². The van der Waals surface area contributed by atoms with Crippen molar-refractivity contribution in [3.63, 3.8) is 0 Å². The van der Waals surface area contributed by atoms with Crippen LogP contribution in [0.2, 0.25) is 0 Å². The van der Waals surface area contributed by atoms with Crippen LogP contribution >= 0.6 is 11.3 Å². The molecule has 0 aliphatic carbocycles. The highest BCUT2D eigenvalue weighted by molar-refractivity contribution is 7.14. The lowest BCUT2D eigenvalue weighted by molar-refractivity contribution is 0.0215. The maximum absolute atomic E-state index is 12.5. The Kier molecular flexibility index (Phi) is 2.14. The zero-order valence-electron chi connectivity index (χ0n) is 6.17. The summed E-state index contributed by atoms with van der Waals surface area (Å²) in [5, 5.41) is 8.43. The molecule has 0 saturated heterocycles. The minimum absolute atomic E-state index is 0.0634. The van der Waals surface area contributed by atoms with E-state index in [0.29, 0.717) is 11.3 Å². The molecule has 0 unspecified atom stereocenters. The van der Waals surface area contributed by atoms with E-state index < -0.39 is 11.9 Å². The van der Waals surface area contributed by atoms with Crippen LogP contribution in [-0.2, 0) is 5.92 Å². The zero-order chi connectivity index (χ0) is 9.35. The number of carboxylic acids is 1. The van der Waals surface area contributed by atoms with Gasteiger partial charge in [0, 0.05) is 6.92 Å². The molecular weight excluding hydrogens is 186 g/mol. The fourth-order valence-electron chi connectivity index (χ4n) is 0.689. The van der Waals surface area contributed by atoms with Gasteiger partial charge in [0.2, 0.25) is 0 Å². The van der Waals surface area contributed by atoms with Crippen LogP contribution in [0.4, 0.5) is 8.78 Å². The highest BCUT2D eigenvalue weighted by atomic mass is 32.1. The molecule has 12 heavy (non-hydrogen) atoms. The predicted octanol–water partition coefficient (Wildman–Crippen LogP) is 2.56. The van der Waals surface area contributed by atoms with E-state index >= 15 is 0 Å². The van der Waals surface area contributed by atoms with E-state index in [0.717, 1.165) is 13.0 Å². The molecule has 1 heterocycles. The SMILES string of the molecule is CC(F)(F)c1ccc(C(=O)O)s1. The Morgan fingerprint density at radius 3 is 2.42 bits per heavy atom. The first-order valence-electron chi connectivity index (χ1n) is 3.12. The molecule has 0 spiro atoms. The first-order chi connectivity index (χ1) is 5.41.